The summed E-state index contributed by atoms with van der Waals surface area (Å²) >= 11 is 0. The highest BCUT2D eigenvalue weighted by Gasteiger charge is 2.15. The molecule has 0 radical (unpaired) electrons. The molecule has 0 fully saturated rings. The maximum atomic E-state index is 11.9. The summed E-state index contributed by atoms with van der Waals surface area (Å²) in [6.45, 7) is 3.99. The van der Waals surface area contributed by atoms with Crippen LogP contribution in [0.5, 0.6) is 5.88 Å². The largest absolute Gasteiger partial charge is 0.418 e. The molecule has 7 nitrogen and oxygen atoms in total. The van der Waals surface area contributed by atoms with Crippen molar-refractivity contribution in [3.8, 4) is 5.88 Å². The van der Waals surface area contributed by atoms with Gasteiger partial charge >= 0.3 is 6.09 Å². The zero-order valence-electron chi connectivity index (χ0n) is 12.2. The Morgan fingerprint density at radius 3 is 2.73 bits per heavy atom. The van der Waals surface area contributed by atoms with Gasteiger partial charge in [-0.1, -0.05) is 18.2 Å². The van der Waals surface area contributed by atoms with Gasteiger partial charge in [-0.2, -0.15) is 5.10 Å². The molecule has 0 saturated heterocycles. The molecule has 112 valence electrons. The third-order valence-corrected chi connectivity index (χ3v) is 3.05. The van der Waals surface area contributed by atoms with E-state index in [2.05, 4.69) is 20.4 Å². The maximum absolute atomic E-state index is 11.9. The second kappa shape index (κ2) is 5.80. The van der Waals surface area contributed by atoms with Crippen molar-refractivity contribution >= 4 is 22.8 Å². The summed E-state index contributed by atoms with van der Waals surface area (Å²) in [5.41, 5.74) is 1.28. The van der Waals surface area contributed by atoms with Gasteiger partial charge in [0.25, 0.3) is 0 Å². The zero-order valence-corrected chi connectivity index (χ0v) is 12.2. The standard InChI is InChI=1S/C15H15N5O2/c1-10(2)20-13-12(8-18-20)14(17-9-16-13)22-15(21)19-11-6-4-3-5-7-11/h3-10H,1-2H3,(H,19,21). The van der Waals surface area contributed by atoms with Gasteiger partial charge in [0.05, 0.1) is 6.20 Å². The Labute approximate surface area is 127 Å². The van der Waals surface area contributed by atoms with Gasteiger partial charge in [-0.3, -0.25) is 5.32 Å². The van der Waals surface area contributed by atoms with E-state index in [1.54, 1.807) is 23.0 Å². The van der Waals surface area contributed by atoms with Crippen LogP contribution in [0, 0.1) is 0 Å². The van der Waals surface area contributed by atoms with Crippen molar-refractivity contribution in [2.45, 2.75) is 19.9 Å². The molecule has 0 bridgehead atoms. The molecule has 3 rings (SSSR count). The third-order valence-electron chi connectivity index (χ3n) is 3.05. The van der Waals surface area contributed by atoms with E-state index in [0.29, 0.717) is 16.7 Å². The first kappa shape index (κ1) is 14.0. The second-order valence-corrected chi connectivity index (χ2v) is 4.98. The minimum Gasteiger partial charge on any atom is -0.390 e. The molecule has 0 aliphatic rings. The van der Waals surface area contributed by atoms with Crippen molar-refractivity contribution < 1.29 is 9.53 Å². The van der Waals surface area contributed by atoms with Crippen LogP contribution >= 0.6 is 0 Å². The van der Waals surface area contributed by atoms with Crippen LogP contribution in [0.15, 0.2) is 42.9 Å². The minimum absolute atomic E-state index is 0.151. The number of fused-ring (bicyclic) bond motifs is 1. The number of ether oxygens (including phenoxy) is 1. The predicted molar refractivity (Wildman–Crippen MR) is 81.8 cm³/mol. The summed E-state index contributed by atoms with van der Waals surface area (Å²) in [4.78, 5) is 20.2. The summed E-state index contributed by atoms with van der Waals surface area (Å²) in [5.74, 6) is 0.185. The lowest BCUT2D eigenvalue weighted by atomic mass is 10.3. The van der Waals surface area contributed by atoms with Crippen molar-refractivity contribution in [1.29, 1.82) is 0 Å². The number of nitrogens with zero attached hydrogens (tertiary/aromatic N) is 4. The van der Waals surface area contributed by atoms with Crippen LogP contribution in [0.1, 0.15) is 19.9 Å². The first-order chi connectivity index (χ1) is 10.6. The number of para-hydroxylation sites is 1. The fraction of sp³-hybridized carbons (Fsp3) is 0.200. The number of carbonyl (C=O) groups excluding carboxylic acids is 1. The van der Waals surface area contributed by atoms with E-state index in [9.17, 15) is 4.79 Å². The van der Waals surface area contributed by atoms with Crippen molar-refractivity contribution in [2.75, 3.05) is 5.32 Å². The van der Waals surface area contributed by atoms with E-state index in [1.165, 1.54) is 6.33 Å². The molecule has 0 aliphatic carbocycles. The number of anilines is 1. The normalized spacial score (nSPS) is 10.9. The molecular formula is C15H15N5O2. The lowest BCUT2D eigenvalue weighted by Crippen LogP contribution is -2.17. The average Bonchev–Trinajstić information content (AvgIpc) is 2.93. The smallest absolute Gasteiger partial charge is 0.390 e. The number of carbonyl (C=O) groups is 1. The SMILES string of the molecule is CC(C)n1ncc2c(OC(=O)Nc3ccccc3)ncnc21. The summed E-state index contributed by atoms with van der Waals surface area (Å²) in [6, 6.07) is 9.21. The van der Waals surface area contributed by atoms with Crippen LogP contribution in [-0.4, -0.2) is 25.8 Å². The van der Waals surface area contributed by atoms with Crippen molar-refractivity contribution in [3.05, 3.63) is 42.9 Å². The fourth-order valence-corrected chi connectivity index (χ4v) is 2.05. The molecule has 2 aromatic heterocycles. The first-order valence-corrected chi connectivity index (χ1v) is 6.87. The average molecular weight is 297 g/mol. The molecule has 1 aromatic carbocycles. The van der Waals surface area contributed by atoms with Crippen molar-refractivity contribution in [1.82, 2.24) is 19.7 Å². The molecule has 1 N–H and O–H groups in total. The second-order valence-electron chi connectivity index (χ2n) is 4.98. The Kier molecular flexibility index (Phi) is 3.69. The number of hydrogen-bond donors (Lipinski definition) is 1. The van der Waals surface area contributed by atoms with Crippen LogP contribution in [0.25, 0.3) is 11.0 Å². The summed E-state index contributed by atoms with van der Waals surface area (Å²) in [6.07, 6.45) is 2.34. The quantitative estimate of drug-likeness (QED) is 0.803. The van der Waals surface area contributed by atoms with Crippen molar-refractivity contribution in [2.24, 2.45) is 0 Å². The summed E-state index contributed by atoms with van der Waals surface area (Å²) in [5, 5.41) is 7.48. The molecule has 2 heterocycles. The number of rotatable bonds is 3. The van der Waals surface area contributed by atoms with Gasteiger partial charge in [-0.15, -0.1) is 0 Å². The topological polar surface area (TPSA) is 81.9 Å². The maximum Gasteiger partial charge on any atom is 0.418 e. The van der Waals surface area contributed by atoms with Crippen LogP contribution in [0.2, 0.25) is 0 Å². The molecule has 0 atom stereocenters. The molecule has 1 amide bonds. The minimum atomic E-state index is -0.608. The Hall–Kier alpha value is -2.96. The Bertz CT molecular complexity index is 798. The number of nitrogens with one attached hydrogen (secondary N) is 1. The summed E-state index contributed by atoms with van der Waals surface area (Å²) < 4.78 is 7.02. The van der Waals surface area contributed by atoms with Crippen LogP contribution in [0.3, 0.4) is 0 Å². The third kappa shape index (κ3) is 2.73. The molecule has 3 aromatic rings. The van der Waals surface area contributed by atoms with E-state index in [1.807, 2.05) is 32.0 Å². The van der Waals surface area contributed by atoms with Gasteiger partial charge in [0.1, 0.15) is 11.7 Å². The monoisotopic (exact) mass is 297 g/mol. The number of hydrogen-bond acceptors (Lipinski definition) is 5. The molecule has 22 heavy (non-hydrogen) atoms. The lowest BCUT2D eigenvalue weighted by Gasteiger charge is -2.08. The summed E-state index contributed by atoms with van der Waals surface area (Å²) in [7, 11) is 0. The van der Waals surface area contributed by atoms with Gasteiger partial charge < -0.3 is 4.74 Å². The van der Waals surface area contributed by atoms with Crippen LogP contribution in [0.4, 0.5) is 10.5 Å². The number of benzene rings is 1. The predicted octanol–water partition coefficient (Wildman–Crippen LogP) is 3.02. The van der Waals surface area contributed by atoms with Crippen molar-refractivity contribution in [3.63, 3.8) is 0 Å². The fourth-order valence-electron chi connectivity index (χ4n) is 2.05. The molecule has 0 spiro atoms. The highest BCUT2D eigenvalue weighted by molar-refractivity contribution is 5.89. The number of aromatic nitrogens is 4. The molecule has 0 saturated carbocycles. The Morgan fingerprint density at radius 2 is 2.00 bits per heavy atom. The number of amides is 1. The van der Waals surface area contributed by atoms with Gasteiger partial charge in [0.15, 0.2) is 5.65 Å². The Morgan fingerprint density at radius 1 is 1.23 bits per heavy atom. The van der Waals surface area contributed by atoms with Gasteiger partial charge in [0, 0.05) is 11.7 Å². The lowest BCUT2D eigenvalue weighted by molar-refractivity contribution is 0.214. The Balaban J connectivity index is 1.83. The molecule has 0 aliphatic heterocycles. The highest BCUT2D eigenvalue weighted by atomic mass is 16.6. The molecular weight excluding hydrogens is 282 g/mol. The van der Waals surface area contributed by atoms with E-state index in [-0.39, 0.29) is 11.9 Å². The van der Waals surface area contributed by atoms with Crippen LogP contribution in [-0.2, 0) is 0 Å². The van der Waals surface area contributed by atoms with Crippen LogP contribution < -0.4 is 10.1 Å². The molecule has 7 heteroatoms. The highest BCUT2D eigenvalue weighted by Crippen LogP contribution is 2.23. The zero-order chi connectivity index (χ0) is 15.5. The van der Waals surface area contributed by atoms with Gasteiger partial charge in [-0.05, 0) is 26.0 Å². The van der Waals surface area contributed by atoms with E-state index < -0.39 is 6.09 Å². The van der Waals surface area contributed by atoms with E-state index >= 15 is 0 Å². The van der Waals surface area contributed by atoms with Gasteiger partial charge in [0.2, 0.25) is 5.88 Å². The van der Waals surface area contributed by atoms with E-state index in [0.717, 1.165) is 0 Å². The molecule has 0 unspecified atom stereocenters. The van der Waals surface area contributed by atoms with Gasteiger partial charge in [-0.25, -0.2) is 19.4 Å². The van der Waals surface area contributed by atoms with E-state index in [4.69, 9.17) is 4.74 Å². The first-order valence-electron chi connectivity index (χ1n) is 6.87.